The van der Waals surface area contributed by atoms with E-state index in [1.165, 1.54) is 0 Å². The Bertz CT molecular complexity index is 230. The zero-order valence-corrected chi connectivity index (χ0v) is 12.8. The summed E-state index contributed by atoms with van der Waals surface area (Å²) in [5.41, 5.74) is 0. The smallest absolute Gasteiger partial charge is 0.324 e. The number of nitrogens with one attached hydrogen (secondary N) is 1. The fraction of sp³-hybridized carbons (Fsp3) is 0.929. The van der Waals surface area contributed by atoms with E-state index in [9.17, 15) is 4.79 Å². The molecule has 0 saturated heterocycles. The lowest BCUT2D eigenvalue weighted by Gasteiger charge is -2.31. The fourth-order valence-corrected chi connectivity index (χ4v) is 1.91. The molecule has 0 amide bonds. The molecule has 1 unspecified atom stereocenters. The van der Waals surface area contributed by atoms with Crippen LogP contribution in [0.4, 0.5) is 0 Å². The highest BCUT2D eigenvalue weighted by Crippen LogP contribution is 2.06. The second-order valence-electron chi connectivity index (χ2n) is 5.30. The quantitative estimate of drug-likeness (QED) is 0.641. The molecule has 108 valence electrons. The molecule has 18 heavy (non-hydrogen) atoms. The predicted molar refractivity (Wildman–Crippen MR) is 75.6 cm³/mol. The SMILES string of the molecule is CCNC(CN(CC(C)C)C(C)C)C(=O)OCC. The number of esters is 1. The molecule has 0 aliphatic heterocycles. The van der Waals surface area contributed by atoms with Gasteiger partial charge in [-0.25, -0.2) is 0 Å². The van der Waals surface area contributed by atoms with Gasteiger partial charge in [-0.1, -0.05) is 20.8 Å². The van der Waals surface area contributed by atoms with Gasteiger partial charge in [0.15, 0.2) is 0 Å². The third kappa shape index (κ3) is 6.97. The number of hydrogen-bond donors (Lipinski definition) is 1. The zero-order valence-electron chi connectivity index (χ0n) is 12.8. The van der Waals surface area contributed by atoms with Gasteiger partial charge in [-0.3, -0.25) is 9.69 Å². The second kappa shape index (κ2) is 9.34. The lowest BCUT2D eigenvalue weighted by atomic mass is 10.1. The van der Waals surface area contributed by atoms with Crippen molar-refractivity contribution < 1.29 is 9.53 Å². The van der Waals surface area contributed by atoms with E-state index in [-0.39, 0.29) is 12.0 Å². The number of hydrogen-bond acceptors (Lipinski definition) is 4. The van der Waals surface area contributed by atoms with Crippen molar-refractivity contribution in [2.75, 3.05) is 26.2 Å². The third-order valence-corrected chi connectivity index (χ3v) is 2.77. The zero-order chi connectivity index (χ0) is 14.1. The first-order chi connectivity index (χ1) is 8.42. The van der Waals surface area contributed by atoms with Crippen LogP contribution in [0.25, 0.3) is 0 Å². The monoisotopic (exact) mass is 258 g/mol. The summed E-state index contributed by atoms with van der Waals surface area (Å²) < 4.78 is 5.11. The largest absolute Gasteiger partial charge is 0.465 e. The van der Waals surface area contributed by atoms with Crippen LogP contribution in [0.5, 0.6) is 0 Å². The molecular formula is C14H30N2O2. The highest BCUT2D eigenvalue weighted by Gasteiger charge is 2.23. The van der Waals surface area contributed by atoms with E-state index in [0.717, 1.165) is 13.1 Å². The lowest BCUT2D eigenvalue weighted by molar-refractivity contribution is -0.146. The number of rotatable bonds is 9. The van der Waals surface area contributed by atoms with Gasteiger partial charge in [-0.05, 0) is 33.2 Å². The van der Waals surface area contributed by atoms with E-state index in [4.69, 9.17) is 4.74 Å². The Labute approximate surface area is 112 Å². The van der Waals surface area contributed by atoms with E-state index in [2.05, 4.69) is 37.9 Å². The van der Waals surface area contributed by atoms with Crippen molar-refractivity contribution >= 4 is 5.97 Å². The average Bonchev–Trinajstić information content (AvgIpc) is 2.26. The number of ether oxygens (including phenoxy) is 1. The Morgan fingerprint density at radius 1 is 1.17 bits per heavy atom. The molecule has 0 rings (SSSR count). The first-order valence-electron chi connectivity index (χ1n) is 7.06. The number of carbonyl (C=O) groups is 1. The van der Waals surface area contributed by atoms with Crippen LogP contribution in [0, 0.1) is 5.92 Å². The first-order valence-corrected chi connectivity index (χ1v) is 7.06. The molecule has 1 atom stereocenters. The molecule has 0 fully saturated rings. The van der Waals surface area contributed by atoms with Gasteiger partial charge in [0.2, 0.25) is 0 Å². The second-order valence-corrected chi connectivity index (χ2v) is 5.30. The number of likely N-dealkylation sites (N-methyl/N-ethyl adjacent to an activating group) is 1. The van der Waals surface area contributed by atoms with Gasteiger partial charge in [0.05, 0.1) is 6.61 Å². The van der Waals surface area contributed by atoms with Crippen molar-refractivity contribution in [3.8, 4) is 0 Å². The number of nitrogens with zero attached hydrogens (tertiary/aromatic N) is 1. The predicted octanol–water partition coefficient (Wildman–Crippen LogP) is 1.89. The van der Waals surface area contributed by atoms with Crippen molar-refractivity contribution in [1.82, 2.24) is 10.2 Å². The number of carbonyl (C=O) groups excluding carboxylic acids is 1. The van der Waals surface area contributed by atoms with Gasteiger partial charge in [-0.15, -0.1) is 0 Å². The first kappa shape index (κ1) is 17.4. The molecule has 0 radical (unpaired) electrons. The molecule has 0 aliphatic rings. The Kier molecular flexibility index (Phi) is 9.02. The molecule has 0 bridgehead atoms. The minimum Gasteiger partial charge on any atom is -0.465 e. The maximum absolute atomic E-state index is 11.9. The molecule has 0 aromatic heterocycles. The Hall–Kier alpha value is -0.610. The van der Waals surface area contributed by atoms with Crippen LogP contribution in [-0.2, 0) is 9.53 Å². The minimum absolute atomic E-state index is 0.145. The Morgan fingerprint density at radius 2 is 1.78 bits per heavy atom. The molecule has 4 nitrogen and oxygen atoms in total. The molecule has 0 saturated carbocycles. The van der Waals surface area contributed by atoms with Gasteiger partial charge >= 0.3 is 5.97 Å². The Balaban J connectivity index is 4.54. The topological polar surface area (TPSA) is 41.6 Å². The lowest BCUT2D eigenvalue weighted by Crippen LogP contribution is -2.49. The minimum atomic E-state index is -0.226. The average molecular weight is 258 g/mol. The molecule has 0 heterocycles. The maximum Gasteiger partial charge on any atom is 0.324 e. The third-order valence-electron chi connectivity index (χ3n) is 2.77. The summed E-state index contributed by atoms with van der Waals surface area (Å²) in [6, 6.07) is 0.207. The molecule has 1 N–H and O–H groups in total. The molecule has 0 aromatic rings. The van der Waals surface area contributed by atoms with Gasteiger partial charge in [0.25, 0.3) is 0 Å². The van der Waals surface area contributed by atoms with Gasteiger partial charge in [0.1, 0.15) is 6.04 Å². The highest BCUT2D eigenvalue weighted by molar-refractivity contribution is 5.76. The fourth-order valence-electron chi connectivity index (χ4n) is 1.91. The maximum atomic E-state index is 11.9. The highest BCUT2D eigenvalue weighted by atomic mass is 16.5. The summed E-state index contributed by atoms with van der Waals surface area (Å²) in [7, 11) is 0. The normalized spacial score (nSPS) is 13.4. The van der Waals surface area contributed by atoms with Crippen LogP contribution in [0.3, 0.4) is 0 Å². The van der Waals surface area contributed by atoms with E-state index in [0.29, 0.717) is 25.1 Å². The molecule has 0 aromatic carbocycles. The van der Waals surface area contributed by atoms with Crippen molar-refractivity contribution in [3.05, 3.63) is 0 Å². The summed E-state index contributed by atoms with van der Waals surface area (Å²) in [5, 5.41) is 3.21. The molecule has 4 heteroatoms. The van der Waals surface area contributed by atoms with Crippen LogP contribution in [0.1, 0.15) is 41.5 Å². The van der Waals surface area contributed by atoms with E-state index in [1.54, 1.807) is 0 Å². The summed E-state index contributed by atoms with van der Waals surface area (Å²) in [6.45, 7) is 15.5. The van der Waals surface area contributed by atoms with Gasteiger partial charge in [-0.2, -0.15) is 0 Å². The van der Waals surface area contributed by atoms with Crippen molar-refractivity contribution in [3.63, 3.8) is 0 Å². The molecule has 0 aliphatic carbocycles. The Morgan fingerprint density at radius 3 is 2.17 bits per heavy atom. The molecular weight excluding hydrogens is 228 g/mol. The van der Waals surface area contributed by atoms with Crippen molar-refractivity contribution in [2.24, 2.45) is 5.92 Å². The van der Waals surface area contributed by atoms with E-state index in [1.807, 2.05) is 13.8 Å². The van der Waals surface area contributed by atoms with Gasteiger partial charge in [0, 0.05) is 19.1 Å². The van der Waals surface area contributed by atoms with Crippen molar-refractivity contribution in [1.29, 1.82) is 0 Å². The molecule has 0 spiro atoms. The van der Waals surface area contributed by atoms with E-state index >= 15 is 0 Å². The van der Waals surface area contributed by atoms with Crippen molar-refractivity contribution in [2.45, 2.75) is 53.6 Å². The van der Waals surface area contributed by atoms with E-state index < -0.39 is 0 Å². The summed E-state index contributed by atoms with van der Waals surface area (Å²) in [6.07, 6.45) is 0. The summed E-state index contributed by atoms with van der Waals surface area (Å²) in [4.78, 5) is 14.2. The summed E-state index contributed by atoms with van der Waals surface area (Å²) in [5.74, 6) is 0.450. The van der Waals surface area contributed by atoms with Crippen LogP contribution in [0.15, 0.2) is 0 Å². The van der Waals surface area contributed by atoms with Crippen LogP contribution in [0.2, 0.25) is 0 Å². The van der Waals surface area contributed by atoms with Crippen LogP contribution >= 0.6 is 0 Å². The van der Waals surface area contributed by atoms with Crippen LogP contribution in [-0.4, -0.2) is 49.2 Å². The van der Waals surface area contributed by atoms with Gasteiger partial charge < -0.3 is 10.1 Å². The summed E-state index contributed by atoms with van der Waals surface area (Å²) >= 11 is 0. The standard InChI is InChI=1S/C14H30N2O2/c1-7-15-13(14(17)18-8-2)10-16(12(5)6)9-11(3)4/h11-13,15H,7-10H2,1-6H3. The van der Waals surface area contributed by atoms with Crippen LogP contribution < -0.4 is 5.32 Å².